The second-order valence-corrected chi connectivity index (χ2v) is 9.75. The molecule has 0 radical (unpaired) electrons. The number of likely N-dealkylation sites (tertiary alicyclic amines) is 1. The lowest BCUT2D eigenvalue weighted by Gasteiger charge is -2.25. The number of amides is 3. The molecule has 184 valence electrons. The molecule has 10 heteroatoms. The number of benzene rings is 1. The average molecular weight is 482 g/mol. The first kappa shape index (κ1) is 23.1. The first-order valence-corrected chi connectivity index (χ1v) is 12.0. The number of nitrogens with zero attached hydrogens (tertiary/aromatic N) is 2. The molecule has 0 spiro atoms. The molecule has 3 amide bonds. The first-order chi connectivity index (χ1) is 16.8. The van der Waals surface area contributed by atoms with Gasteiger partial charge in [0, 0.05) is 35.8 Å². The van der Waals surface area contributed by atoms with Gasteiger partial charge in [-0.15, -0.1) is 0 Å². The molecule has 35 heavy (non-hydrogen) atoms. The molecule has 1 aliphatic carbocycles. The van der Waals surface area contributed by atoms with E-state index in [2.05, 4.69) is 21.7 Å². The van der Waals surface area contributed by atoms with E-state index >= 15 is 0 Å². The summed E-state index contributed by atoms with van der Waals surface area (Å²) in [4.78, 5) is 43.2. The van der Waals surface area contributed by atoms with E-state index in [1.807, 2.05) is 6.07 Å². The van der Waals surface area contributed by atoms with Crippen LogP contribution >= 0.6 is 0 Å². The number of rotatable bonds is 7. The number of aromatic amines is 1. The summed E-state index contributed by atoms with van der Waals surface area (Å²) in [6.45, 7) is 0.679. The molecule has 3 fully saturated rings. The Balaban J connectivity index is 1.37. The standard InChI is InChI=1S/C25H28FN5O4/c1-35-21-4-2-3-18-17(21)11-19(30-18)24(34)31-13-15(25(26)6-7-25)10-20(31)23(33)29-16(12-27)9-14-5-8-28-22(14)32/h2-4,11,14-16,20,30H,5-10,13H2,1H3,(H,28,32)(H,29,33). The molecule has 9 nitrogen and oxygen atoms in total. The van der Waals surface area contributed by atoms with Crippen LogP contribution in [0.15, 0.2) is 24.3 Å². The molecule has 5 rings (SSSR count). The summed E-state index contributed by atoms with van der Waals surface area (Å²) in [7, 11) is 1.55. The third kappa shape index (κ3) is 4.31. The zero-order valence-corrected chi connectivity index (χ0v) is 19.5. The normalized spacial score (nSPS) is 25.7. The van der Waals surface area contributed by atoms with Crippen LogP contribution in [-0.2, 0) is 9.59 Å². The number of hydrogen-bond donors (Lipinski definition) is 3. The van der Waals surface area contributed by atoms with Crippen molar-refractivity contribution in [3.63, 3.8) is 0 Å². The summed E-state index contributed by atoms with van der Waals surface area (Å²) in [5.41, 5.74) is -0.354. The lowest BCUT2D eigenvalue weighted by molar-refractivity contribution is -0.126. The fraction of sp³-hybridized carbons (Fsp3) is 0.520. The highest BCUT2D eigenvalue weighted by atomic mass is 19.1. The second kappa shape index (κ2) is 8.87. The van der Waals surface area contributed by atoms with E-state index in [0.717, 1.165) is 5.39 Å². The number of aromatic nitrogens is 1. The number of nitriles is 1. The SMILES string of the molecule is COc1cccc2[nH]c(C(=O)N3CC(C4(F)CC4)CC3C(=O)NC(C#N)CC3CCNC3=O)cc12. The van der Waals surface area contributed by atoms with Crippen molar-refractivity contribution < 1.29 is 23.5 Å². The number of carbonyl (C=O) groups excluding carboxylic acids is 3. The van der Waals surface area contributed by atoms with Crippen LogP contribution in [0, 0.1) is 23.2 Å². The van der Waals surface area contributed by atoms with Gasteiger partial charge < -0.3 is 25.3 Å². The predicted octanol–water partition coefficient (Wildman–Crippen LogP) is 2.04. The van der Waals surface area contributed by atoms with E-state index in [4.69, 9.17) is 4.74 Å². The smallest absolute Gasteiger partial charge is 0.270 e. The second-order valence-electron chi connectivity index (χ2n) is 9.75. The lowest BCUT2D eigenvalue weighted by atomic mass is 9.97. The molecule has 3 heterocycles. The third-order valence-electron chi connectivity index (χ3n) is 7.55. The Morgan fingerprint density at radius 2 is 2.20 bits per heavy atom. The van der Waals surface area contributed by atoms with Crippen molar-refractivity contribution in [2.24, 2.45) is 11.8 Å². The van der Waals surface area contributed by atoms with Crippen LogP contribution in [-0.4, -0.2) is 65.6 Å². The molecule has 2 saturated heterocycles. The van der Waals surface area contributed by atoms with Crippen molar-refractivity contribution in [3.8, 4) is 11.8 Å². The van der Waals surface area contributed by atoms with E-state index < -0.39 is 35.5 Å². The Morgan fingerprint density at radius 3 is 2.86 bits per heavy atom. The summed E-state index contributed by atoms with van der Waals surface area (Å²) in [6, 6.07) is 7.38. The lowest BCUT2D eigenvalue weighted by Crippen LogP contribution is -2.49. The van der Waals surface area contributed by atoms with Crippen LogP contribution in [0.2, 0.25) is 0 Å². The molecule has 2 aliphatic heterocycles. The topological polar surface area (TPSA) is 127 Å². The van der Waals surface area contributed by atoms with E-state index in [9.17, 15) is 24.0 Å². The Kier molecular flexibility index (Phi) is 5.87. The average Bonchev–Trinajstić information content (AvgIpc) is 3.23. The van der Waals surface area contributed by atoms with Gasteiger partial charge >= 0.3 is 0 Å². The summed E-state index contributed by atoms with van der Waals surface area (Å²) >= 11 is 0. The monoisotopic (exact) mass is 481 g/mol. The number of fused-ring (bicyclic) bond motifs is 1. The van der Waals surface area contributed by atoms with E-state index in [0.29, 0.717) is 37.1 Å². The molecular weight excluding hydrogens is 453 g/mol. The number of carbonyl (C=O) groups is 3. The minimum atomic E-state index is -1.35. The molecule has 3 N–H and O–H groups in total. The Bertz CT molecular complexity index is 1220. The molecule has 2 aromatic rings. The van der Waals surface area contributed by atoms with Gasteiger partial charge in [0.2, 0.25) is 11.8 Å². The van der Waals surface area contributed by atoms with Crippen molar-refractivity contribution in [1.29, 1.82) is 5.26 Å². The highest BCUT2D eigenvalue weighted by molar-refractivity contribution is 6.01. The van der Waals surface area contributed by atoms with Gasteiger partial charge in [-0.1, -0.05) is 6.07 Å². The number of nitrogens with one attached hydrogen (secondary N) is 3. The van der Waals surface area contributed by atoms with Gasteiger partial charge in [-0.2, -0.15) is 5.26 Å². The quantitative estimate of drug-likeness (QED) is 0.558. The highest BCUT2D eigenvalue weighted by Crippen LogP contribution is 2.51. The first-order valence-electron chi connectivity index (χ1n) is 12.0. The number of methoxy groups -OCH3 is 1. The molecule has 0 bridgehead atoms. The maximum atomic E-state index is 15.0. The van der Waals surface area contributed by atoms with Gasteiger partial charge in [-0.3, -0.25) is 14.4 Å². The summed E-state index contributed by atoms with van der Waals surface area (Å²) < 4.78 is 20.4. The third-order valence-corrected chi connectivity index (χ3v) is 7.55. The van der Waals surface area contributed by atoms with Gasteiger partial charge in [0.15, 0.2) is 0 Å². The molecular formula is C25H28FN5O4. The van der Waals surface area contributed by atoms with Crippen molar-refractivity contribution in [3.05, 3.63) is 30.0 Å². The van der Waals surface area contributed by atoms with Crippen molar-refractivity contribution in [2.45, 2.75) is 49.9 Å². The fourth-order valence-electron chi connectivity index (χ4n) is 5.35. The predicted molar refractivity (Wildman–Crippen MR) is 124 cm³/mol. The molecule has 1 aromatic heterocycles. The van der Waals surface area contributed by atoms with Gasteiger partial charge in [0.1, 0.15) is 29.2 Å². The van der Waals surface area contributed by atoms with Crippen molar-refractivity contribution in [2.75, 3.05) is 20.2 Å². The van der Waals surface area contributed by atoms with Crippen molar-refractivity contribution in [1.82, 2.24) is 20.5 Å². The van der Waals surface area contributed by atoms with Gasteiger partial charge in [0.05, 0.1) is 13.2 Å². The number of ether oxygens (including phenoxy) is 1. The molecule has 4 unspecified atom stereocenters. The van der Waals surface area contributed by atoms with Crippen LogP contribution in [0.3, 0.4) is 0 Å². The van der Waals surface area contributed by atoms with Crippen molar-refractivity contribution >= 4 is 28.6 Å². The summed E-state index contributed by atoms with van der Waals surface area (Å²) in [6.07, 6.45) is 1.86. The van der Waals surface area contributed by atoms with Gasteiger partial charge in [0.25, 0.3) is 5.91 Å². The largest absolute Gasteiger partial charge is 0.496 e. The zero-order valence-electron chi connectivity index (χ0n) is 19.5. The van der Waals surface area contributed by atoms with E-state index in [1.54, 1.807) is 25.3 Å². The Hall–Kier alpha value is -3.61. The Morgan fingerprint density at radius 1 is 1.40 bits per heavy atom. The number of alkyl halides is 1. The van der Waals surface area contributed by atoms with E-state index in [-0.39, 0.29) is 36.9 Å². The number of hydrogen-bond acceptors (Lipinski definition) is 5. The van der Waals surface area contributed by atoms with Crippen LogP contribution in [0.4, 0.5) is 4.39 Å². The molecule has 4 atom stereocenters. The van der Waals surface area contributed by atoms with Gasteiger partial charge in [-0.05, 0) is 50.3 Å². The van der Waals surface area contributed by atoms with Gasteiger partial charge in [-0.25, -0.2) is 4.39 Å². The Labute approximate surface area is 202 Å². The van der Waals surface area contributed by atoms with Crippen LogP contribution in [0.1, 0.15) is 42.6 Å². The summed E-state index contributed by atoms with van der Waals surface area (Å²) in [5.74, 6) is -1.19. The number of H-pyrrole nitrogens is 1. The fourth-order valence-corrected chi connectivity index (χ4v) is 5.35. The maximum absolute atomic E-state index is 15.0. The summed E-state index contributed by atoms with van der Waals surface area (Å²) in [5, 5.41) is 15.8. The minimum Gasteiger partial charge on any atom is -0.496 e. The van der Waals surface area contributed by atoms with Crippen LogP contribution in [0.5, 0.6) is 5.75 Å². The van der Waals surface area contributed by atoms with E-state index in [1.165, 1.54) is 4.90 Å². The van der Waals surface area contributed by atoms with Crippen LogP contribution < -0.4 is 15.4 Å². The minimum absolute atomic E-state index is 0.125. The molecule has 3 aliphatic rings. The zero-order chi connectivity index (χ0) is 24.7. The molecule has 1 aromatic carbocycles. The number of halogens is 1. The highest BCUT2D eigenvalue weighted by Gasteiger charge is 2.56. The molecule has 1 saturated carbocycles. The van der Waals surface area contributed by atoms with Crippen LogP contribution in [0.25, 0.3) is 10.9 Å². The maximum Gasteiger partial charge on any atom is 0.270 e.